The van der Waals surface area contributed by atoms with Crippen molar-refractivity contribution in [1.29, 1.82) is 5.26 Å². The highest BCUT2D eigenvalue weighted by Gasteiger charge is 2.35. The highest BCUT2D eigenvalue weighted by molar-refractivity contribution is 6.30. The van der Waals surface area contributed by atoms with E-state index in [0.29, 0.717) is 17.0 Å². The van der Waals surface area contributed by atoms with Crippen molar-refractivity contribution in [2.24, 2.45) is 0 Å². The second kappa shape index (κ2) is 11.2. The van der Waals surface area contributed by atoms with Crippen molar-refractivity contribution in [3.8, 4) is 6.07 Å². The smallest absolute Gasteiger partial charge is 0.342 e. The Morgan fingerprint density at radius 3 is 2.43 bits per heavy atom. The molecule has 180 valence electrons. The first-order chi connectivity index (χ1) is 16.6. The Hall–Kier alpha value is -3.69. The molecule has 1 amide bonds. The molecule has 3 rings (SSSR count). The van der Waals surface area contributed by atoms with E-state index in [4.69, 9.17) is 16.3 Å². The molecule has 2 atom stereocenters. The zero-order valence-corrected chi connectivity index (χ0v) is 20.5. The number of nitrogens with zero attached hydrogens (tertiary/aromatic N) is 1. The molecule has 0 radical (unpaired) electrons. The van der Waals surface area contributed by atoms with E-state index in [1.807, 2.05) is 25.1 Å². The van der Waals surface area contributed by atoms with E-state index in [1.54, 1.807) is 30.3 Å². The third-order valence-electron chi connectivity index (χ3n) is 5.76. The maximum atomic E-state index is 14.0. The minimum atomic E-state index is -1.55. The summed E-state index contributed by atoms with van der Waals surface area (Å²) in [6.45, 7) is 4.77. The van der Waals surface area contributed by atoms with Crippen LogP contribution in [0.15, 0.2) is 72.8 Å². The predicted octanol–water partition coefficient (Wildman–Crippen LogP) is 5.82. The molecule has 0 heterocycles. The SMILES string of the molecule is C[C@H](NC(=O)C(C)(C)OC(=O)c1ccccc1F)[C@@H](Cc1ccc(Cl)cc1)c1cccc(C#N)c1. The zero-order valence-electron chi connectivity index (χ0n) is 19.7. The van der Waals surface area contributed by atoms with Gasteiger partial charge in [-0.05, 0) is 74.7 Å². The topological polar surface area (TPSA) is 79.2 Å². The van der Waals surface area contributed by atoms with Crippen molar-refractivity contribution in [3.63, 3.8) is 0 Å². The Bertz CT molecular complexity index is 1250. The number of hydrogen-bond acceptors (Lipinski definition) is 4. The number of carbonyl (C=O) groups is 2. The molecule has 3 aromatic carbocycles. The van der Waals surface area contributed by atoms with Gasteiger partial charge in [-0.2, -0.15) is 5.26 Å². The van der Waals surface area contributed by atoms with E-state index in [1.165, 1.54) is 32.0 Å². The molecule has 3 aromatic rings. The molecule has 0 aliphatic carbocycles. The first-order valence-electron chi connectivity index (χ1n) is 11.1. The van der Waals surface area contributed by atoms with Crippen LogP contribution in [-0.2, 0) is 16.0 Å². The van der Waals surface area contributed by atoms with Crippen molar-refractivity contribution >= 4 is 23.5 Å². The lowest BCUT2D eigenvalue weighted by molar-refractivity contribution is -0.138. The molecule has 0 saturated heterocycles. The standard InChI is InChI=1S/C28H26ClFN2O3/c1-18(32-27(34)28(2,3)35-26(33)23-9-4-5-10-25(23)30)24(16-19-11-13-22(29)14-12-19)21-8-6-7-20(15-21)17-31/h4-15,18,24H,16H2,1-3H3,(H,32,34)/t18-,24+/m0/s1. The number of benzene rings is 3. The number of nitrogens with one attached hydrogen (secondary N) is 1. The van der Waals surface area contributed by atoms with Crippen LogP contribution in [0.2, 0.25) is 5.02 Å². The van der Waals surface area contributed by atoms with Gasteiger partial charge in [0.2, 0.25) is 0 Å². The molecule has 0 aliphatic heterocycles. The molecule has 0 spiro atoms. The van der Waals surface area contributed by atoms with E-state index >= 15 is 0 Å². The van der Waals surface area contributed by atoms with Gasteiger partial charge >= 0.3 is 5.97 Å². The van der Waals surface area contributed by atoms with Gasteiger partial charge in [-0.15, -0.1) is 0 Å². The maximum absolute atomic E-state index is 14.0. The average molecular weight is 493 g/mol. The Balaban J connectivity index is 1.81. The van der Waals surface area contributed by atoms with Crippen molar-refractivity contribution in [2.75, 3.05) is 0 Å². The molecule has 0 aromatic heterocycles. The molecule has 0 aliphatic rings. The number of halogens is 2. The summed E-state index contributed by atoms with van der Waals surface area (Å²) in [7, 11) is 0. The second-order valence-electron chi connectivity index (χ2n) is 8.82. The van der Waals surface area contributed by atoms with Crippen LogP contribution in [0.1, 0.15) is 53.7 Å². The highest BCUT2D eigenvalue weighted by Crippen LogP contribution is 2.27. The van der Waals surface area contributed by atoms with Crippen LogP contribution in [0.5, 0.6) is 0 Å². The highest BCUT2D eigenvalue weighted by atomic mass is 35.5. The summed E-state index contributed by atoms with van der Waals surface area (Å²) in [4.78, 5) is 25.6. The summed E-state index contributed by atoms with van der Waals surface area (Å²) >= 11 is 6.02. The first kappa shape index (κ1) is 25.9. The molecular formula is C28H26ClFN2O3. The molecule has 5 nitrogen and oxygen atoms in total. The van der Waals surface area contributed by atoms with Crippen LogP contribution in [0.4, 0.5) is 4.39 Å². The second-order valence-corrected chi connectivity index (χ2v) is 9.25. The number of hydrogen-bond donors (Lipinski definition) is 1. The number of amides is 1. The summed E-state index contributed by atoms with van der Waals surface area (Å²) in [6, 6.07) is 21.9. The molecule has 1 N–H and O–H groups in total. The van der Waals surface area contributed by atoms with E-state index in [-0.39, 0.29) is 11.5 Å². The summed E-state index contributed by atoms with van der Waals surface area (Å²) in [5.74, 6) is -2.35. The van der Waals surface area contributed by atoms with Crippen molar-refractivity contribution in [1.82, 2.24) is 5.32 Å². The number of carbonyl (C=O) groups excluding carboxylic acids is 2. The van der Waals surface area contributed by atoms with Crippen LogP contribution in [0.25, 0.3) is 0 Å². The van der Waals surface area contributed by atoms with E-state index < -0.39 is 29.3 Å². The maximum Gasteiger partial charge on any atom is 0.342 e. The summed E-state index contributed by atoms with van der Waals surface area (Å²) in [6.07, 6.45) is 0.572. The lowest BCUT2D eigenvalue weighted by Gasteiger charge is -2.30. The Kier molecular flexibility index (Phi) is 8.26. The monoisotopic (exact) mass is 492 g/mol. The summed E-state index contributed by atoms with van der Waals surface area (Å²) < 4.78 is 19.4. The van der Waals surface area contributed by atoms with E-state index in [2.05, 4.69) is 11.4 Å². The molecule has 7 heteroatoms. The van der Waals surface area contributed by atoms with Crippen LogP contribution in [-0.4, -0.2) is 23.5 Å². The fourth-order valence-corrected chi connectivity index (χ4v) is 3.86. The van der Waals surface area contributed by atoms with E-state index in [9.17, 15) is 19.2 Å². The van der Waals surface area contributed by atoms with Crippen molar-refractivity contribution in [3.05, 3.63) is 106 Å². The van der Waals surface area contributed by atoms with Gasteiger partial charge in [-0.25, -0.2) is 9.18 Å². The lowest BCUT2D eigenvalue weighted by Crippen LogP contribution is -2.50. The van der Waals surface area contributed by atoms with Gasteiger partial charge in [0.1, 0.15) is 5.82 Å². The number of nitriles is 1. The normalized spacial score (nSPS) is 12.8. The molecular weight excluding hydrogens is 467 g/mol. The Morgan fingerprint density at radius 1 is 1.09 bits per heavy atom. The van der Waals surface area contributed by atoms with Crippen LogP contribution in [0.3, 0.4) is 0 Å². The molecule has 0 fully saturated rings. The van der Waals surface area contributed by atoms with Crippen molar-refractivity contribution < 1.29 is 18.7 Å². The number of rotatable bonds is 8. The van der Waals surface area contributed by atoms with E-state index in [0.717, 1.165) is 17.2 Å². The fraction of sp³-hybridized carbons (Fsp3) is 0.250. The van der Waals surface area contributed by atoms with Gasteiger partial charge in [0.15, 0.2) is 5.60 Å². The predicted molar refractivity (Wildman–Crippen MR) is 133 cm³/mol. The minimum Gasteiger partial charge on any atom is -0.446 e. The quantitative estimate of drug-likeness (QED) is 0.402. The first-order valence-corrected chi connectivity index (χ1v) is 11.5. The number of esters is 1. The van der Waals surface area contributed by atoms with Crippen LogP contribution in [0, 0.1) is 17.1 Å². The lowest BCUT2D eigenvalue weighted by atomic mass is 9.85. The molecule has 0 bridgehead atoms. The molecule has 0 saturated carbocycles. The average Bonchev–Trinajstić information content (AvgIpc) is 2.83. The Labute approximate surface area is 209 Å². The van der Waals surface area contributed by atoms with Crippen LogP contribution < -0.4 is 5.32 Å². The summed E-state index contributed by atoms with van der Waals surface area (Å²) in [5, 5.41) is 12.9. The fourth-order valence-electron chi connectivity index (χ4n) is 3.74. The largest absolute Gasteiger partial charge is 0.446 e. The van der Waals surface area contributed by atoms with Gasteiger partial charge in [-0.3, -0.25) is 4.79 Å². The van der Waals surface area contributed by atoms with Gasteiger partial charge in [0.25, 0.3) is 5.91 Å². The van der Waals surface area contributed by atoms with Crippen LogP contribution >= 0.6 is 11.6 Å². The minimum absolute atomic E-state index is 0.188. The van der Waals surface area contributed by atoms with Gasteiger partial charge in [0.05, 0.1) is 17.2 Å². The third-order valence-corrected chi connectivity index (χ3v) is 6.02. The Morgan fingerprint density at radius 2 is 1.77 bits per heavy atom. The zero-order chi connectivity index (χ0) is 25.6. The number of ether oxygens (including phenoxy) is 1. The third kappa shape index (κ3) is 6.68. The van der Waals surface area contributed by atoms with Crippen molar-refractivity contribution in [2.45, 2.75) is 44.8 Å². The van der Waals surface area contributed by atoms with Gasteiger partial charge in [0, 0.05) is 17.0 Å². The molecule has 0 unspecified atom stereocenters. The molecule has 35 heavy (non-hydrogen) atoms. The summed E-state index contributed by atoms with van der Waals surface area (Å²) in [5.41, 5.74) is 0.616. The van der Waals surface area contributed by atoms with Gasteiger partial charge < -0.3 is 10.1 Å². The van der Waals surface area contributed by atoms with Gasteiger partial charge in [-0.1, -0.05) is 48.0 Å².